The SMILES string of the molecule is CCS(=O)(=O)c1ccc(CC(=O)Nc2ccc(-c3ccnc(F)c3)c(Oc3cccc(C(F)(F)F)c3)c2)cc1. The van der Waals surface area contributed by atoms with E-state index in [4.69, 9.17) is 4.74 Å². The molecule has 11 heteroatoms. The topological polar surface area (TPSA) is 85.4 Å². The number of anilines is 1. The summed E-state index contributed by atoms with van der Waals surface area (Å²) in [7, 11) is -3.37. The molecule has 1 amide bonds. The molecule has 4 rings (SSSR count). The number of hydrogen-bond acceptors (Lipinski definition) is 5. The van der Waals surface area contributed by atoms with Crippen molar-refractivity contribution in [3.8, 4) is 22.6 Å². The molecule has 0 aliphatic heterocycles. The molecule has 0 aliphatic rings. The second kappa shape index (κ2) is 11.2. The van der Waals surface area contributed by atoms with Crippen LogP contribution in [-0.2, 0) is 27.2 Å². The van der Waals surface area contributed by atoms with Crippen molar-refractivity contribution in [3.63, 3.8) is 0 Å². The number of alkyl halides is 3. The minimum Gasteiger partial charge on any atom is -0.457 e. The van der Waals surface area contributed by atoms with Crippen LogP contribution in [-0.4, -0.2) is 25.1 Å². The number of hydrogen-bond donors (Lipinski definition) is 1. The number of nitrogens with one attached hydrogen (secondary N) is 1. The number of pyridine rings is 1. The summed E-state index contributed by atoms with van der Waals surface area (Å²) in [6.45, 7) is 1.54. The van der Waals surface area contributed by atoms with Gasteiger partial charge >= 0.3 is 6.18 Å². The average Bonchev–Trinajstić information content (AvgIpc) is 2.89. The van der Waals surface area contributed by atoms with Crippen LogP contribution in [0.15, 0.2) is 90.0 Å². The van der Waals surface area contributed by atoms with Crippen LogP contribution in [0, 0.1) is 5.95 Å². The van der Waals surface area contributed by atoms with E-state index in [2.05, 4.69) is 10.3 Å². The van der Waals surface area contributed by atoms with Crippen molar-refractivity contribution >= 4 is 21.4 Å². The number of amides is 1. The van der Waals surface area contributed by atoms with E-state index >= 15 is 0 Å². The van der Waals surface area contributed by atoms with Gasteiger partial charge in [0, 0.05) is 29.6 Å². The third-order valence-corrected chi connectivity index (χ3v) is 7.47. The molecular weight excluding hydrogens is 536 g/mol. The fourth-order valence-electron chi connectivity index (χ4n) is 3.73. The van der Waals surface area contributed by atoms with E-state index < -0.39 is 33.4 Å². The highest BCUT2D eigenvalue weighted by Gasteiger charge is 2.30. The first-order valence-corrected chi connectivity index (χ1v) is 13.3. The summed E-state index contributed by atoms with van der Waals surface area (Å²) in [6, 6.07) is 17.4. The second-order valence-corrected chi connectivity index (χ2v) is 10.8. The largest absolute Gasteiger partial charge is 0.457 e. The zero-order chi connectivity index (χ0) is 28.2. The van der Waals surface area contributed by atoms with Crippen LogP contribution in [0.5, 0.6) is 11.5 Å². The molecule has 1 aromatic heterocycles. The van der Waals surface area contributed by atoms with Gasteiger partial charge in [-0.05, 0) is 59.7 Å². The zero-order valence-corrected chi connectivity index (χ0v) is 21.3. The summed E-state index contributed by atoms with van der Waals surface area (Å²) >= 11 is 0. The van der Waals surface area contributed by atoms with Gasteiger partial charge in [0.15, 0.2) is 9.84 Å². The number of aromatic nitrogens is 1. The number of halogens is 4. The Morgan fingerprint density at radius 1 is 0.974 bits per heavy atom. The minimum atomic E-state index is -4.58. The maximum absolute atomic E-state index is 13.8. The van der Waals surface area contributed by atoms with Crippen LogP contribution in [0.2, 0.25) is 0 Å². The highest BCUT2D eigenvalue weighted by atomic mass is 32.2. The van der Waals surface area contributed by atoms with Gasteiger partial charge in [-0.15, -0.1) is 0 Å². The molecule has 0 unspecified atom stereocenters. The van der Waals surface area contributed by atoms with Gasteiger partial charge in [0.2, 0.25) is 11.9 Å². The van der Waals surface area contributed by atoms with E-state index in [1.165, 1.54) is 55.6 Å². The van der Waals surface area contributed by atoms with Gasteiger partial charge in [0.05, 0.1) is 22.6 Å². The summed E-state index contributed by atoms with van der Waals surface area (Å²) in [6.07, 6.45) is -3.40. The maximum atomic E-state index is 13.8. The zero-order valence-electron chi connectivity index (χ0n) is 20.5. The highest BCUT2D eigenvalue weighted by Crippen LogP contribution is 2.38. The molecule has 0 spiro atoms. The molecule has 0 fully saturated rings. The van der Waals surface area contributed by atoms with E-state index in [1.807, 2.05) is 0 Å². The van der Waals surface area contributed by atoms with E-state index in [9.17, 15) is 30.8 Å². The number of ether oxygens (including phenoxy) is 1. The van der Waals surface area contributed by atoms with Gasteiger partial charge < -0.3 is 10.1 Å². The first kappa shape index (κ1) is 27.8. The molecule has 0 atom stereocenters. The van der Waals surface area contributed by atoms with Gasteiger partial charge in [-0.3, -0.25) is 4.79 Å². The van der Waals surface area contributed by atoms with Crippen molar-refractivity contribution in [1.82, 2.24) is 4.98 Å². The lowest BCUT2D eigenvalue weighted by Gasteiger charge is -2.15. The van der Waals surface area contributed by atoms with E-state index in [1.54, 1.807) is 18.2 Å². The Morgan fingerprint density at radius 2 is 1.72 bits per heavy atom. The summed E-state index contributed by atoms with van der Waals surface area (Å²) in [5.74, 6) is -1.25. The summed E-state index contributed by atoms with van der Waals surface area (Å²) < 4.78 is 83.1. The number of nitrogens with zero attached hydrogens (tertiary/aromatic N) is 1. The Kier molecular flexibility index (Phi) is 8.01. The van der Waals surface area contributed by atoms with Gasteiger partial charge in [-0.2, -0.15) is 17.6 Å². The van der Waals surface area contributed by atoms with Crippen LogP contribution in [0.4, 0.5) is 23.2 Å². The van der Waals surface area contributed by atoms with Gasteiger partial charge in [-0.25, -0.2) is 13.4 Å². The van der Waals surface area contributed by atoms with Crippen LogP contribution in [0.3, 0.4) is 0 Å². The van der Waals surface area contributed by atoms with E-state index in [0.717, 1.165) is 18.2 Å². The molecule has 202 valence electrons. The molecule has 1 N–H and O–H groups in total. The standard InChI is InChI=1S/C28H22F4N2O4S/c1-2-39(36,37)23-9-6-18(7-10-23)14-27(35)34-21-8-11-24(19-12-13-33-26(29)15-19)25(17-21)38-22-5-3-4-20(16-22)28(30,31)32/h3-13,15-17H,2,14H2,1H3,(H,34,35). The summed E-state index contributed by atoms with van der Waals surface area (Å²) in [5.41, 5.74) is 0.680. The monoisotopic (exact) mass is 558 g/mol. The summed E-state index contributed by atoms with van der Waals surface area (Å²) in [5, 5.41) is 2.69. The first-order valence-electron chi connectivity index (χ1n) is 11.7. The van der Waals surface area contributed by atoms with Gasteiger partial charge in [0.25, 0.3) is 0 Å². The number of carbonyl (C=O) groups is 1. The van der Waals surface area contributed by atoms with E-state index in [-0.39, 0.29) is 34.3 Å². The number of sulfone groups is 1. The Balaban J connectivity index is 1.60. The predicted octanol–water partition coefficient (Wildman–Crippen LogP) is 6.67. The lowest BCUT2D eigenvalue weighted by molar-refractivity contribution is -0.137. The predicted molar refractivity (Wildman–Crippen MR) is 138 cm³/mol. The van der Waals surface area contributed by atoms with E-state index in [0.29, 0.717) is 16.7 Å². The van der Waals surface area contributed by atoms with Crippen molar-refractivity contribution < 1.29 is 35.5 Å². The van der Waals surface area contributed by atoms with Crippen molar-refractivity contribution in [1.29, 1.82) is 0 Å². The molecule has 0 saturated heterocycles. The minimum absolute atomic E-state index is 0.0418. The van der Waals surface area contributed by atoms with Gasteiger partial charge in [-0.1, -0.05) is 25.1 Å². The summed E-state index contributed by atoms with van der Waals surface area (Å²) in [4.78, 5) is 16.4. The van der Waals surface area contributed by atoms with Crippen molar-refractivity contribution in [2.45, 2.75) is 24.4 Å². The highest BCUT2D eigenvalue weighted by molar-refractivity contribution is 7.91. The lowest BCUT2D eigenvalue weighted by atomic mass is 10.0. The number of benzene rings is 3. The average molecular weight is 559 g/mol. The normalized spacial score (nSPS) is 11.7. The maximum Gasteiger partial charge on any atom is 0.416 e. The van der Waals surface area contributed by atoms with Crippen LogP contribution >= 0.6 is 0 Å². The molecule has 4 aromatic rings. The molecule has 6 nitrogen and oxygen atoms in total. The van der Waals surface area contributed by atoms with Crippen LogP contribution < -0.4 is 10.1 Å². The molecule has 3 aromatic carbocycles. The van der Waals surface area contributed by atoms with Crippen molar-refractivity contribution in [2.75, 3.05) is 11.1 Å². The Hall–Kier alpha value is -4.25. The third kappa shape index (κ3) is 6.99. The fourth-order valence-corrected chi connectivity index (χ4v) is 4.61. The molecule has 1 heterocycles. The molecule has 0 bridgehead atoms. The Labute approximate surface area is 222 Å². The molecule has 39 heavy (non-hydrogen) atoms. The van der Waals surface area contributed by atoms with Gasteiger partial charge in [0.1, 0.15) is 11.5 Å². The second-order valence-electron chi connectivity index (χ2n) is 8.48. The van der Waals surface area contributed by atoms with Crippen molar-refractivity contribution in [2.24, 2.45) is 0 Å². The van der Waals surface area contributed by atoms with Crippen LogP contribution in [0.25, 0.3) is 11.1 Å². The lowest BCUT2D eigenvalue weighted by Crippen LogP contribution is -2.14. The fraction of sp³-hybridized carbons (Fsp3) is 0.143. The first-order chi connectivity index (χ1) is 18.4. The Morgan fingerprint density at radius 3 is 2.38 bits per heavy atom. The smallest absolute Gasteiger partial charge is 0.416 e. The molecule has 0 aliphatic carbocycles. The van der Waals surface area contributed by atoms with Crippen molar-refractivity contribution in [3.05, 3.63) is 102 Å². The Bertz CT molecular complexity index is 1600. The molecule has 0 saturated carbocycles. The number of carbonyl (C=O) groups excluding carboxylic acids is 1. The van der Waals surface area contributed by atoms with Crippen LogP contribution in [0.1, 0.15) is 18.1 Å². The quantitative estimate of drug-likeness (QED) is 0.193. The molecular formula is C28H22F4N2O4S. The molecule has 0 radical (unpaired) electrons. The third-order valence-electron chi connectivity index (χ3n) is 5.72. The number of rotatable bonds is 8.